The highest BCUT2D eigenvalue weighted by atomic mass is 16.5. The van der Waals surface area contributed by atoms with Crippen molar-refractivity contribution in [3.8, 4) is 11.5 Å². The molecular weight excluding hydrogens is 536 g/mol. The molecule has 6 rings (SSSR count). The Hall–Kier alpha value is -4.81. The van der Waals surface area contributed by atoms with Crippen LogP contribution in [0.1, 0.15) is 60.7 Å². The summed E-state index contributed by atoms with van der Waals surface area (Å²) in [6.07, 6.45) is 6.31. The van der Waals surface area contributed by atoms with E-state index in [1.165, 1.54) is 0 Å². The van der Waals surface area contributed by atoms with Gasteiger partial charge in [0.2, 0.25) is 0 Å². The summed E-state index contributed by atoms with van der Waals surface area (Å²) >= 11 is 0. The summed E-state index contributed by atoms with van der Waals surface area (Å²) in [7, 11) is 0. The fourth-order valence-electron chi connectivity index (χ4n) is 5.87. The van der Waals surface area contributed by atoms with E-state index in [4.69, 9.17) is 9.47 Å². The van der Waals surface area contributed by atoms with Gasteiger partial charge in [0.1, 0.15) is 23.3 Å². The minimum Gasteiger partial charge on any atom is -0.480 e. The van der Waals surface area contributed by atoms with Gasteiger partial charge in [-0.3, -0.25) is 9.69 Å². The van der Waals surface area contributed by atoms with Crippen molar-refractivity contribution in [1.82, 2.24) is 10.2 Å². The number of para-hydroxylation sites is 1. The standard InChI is InChI=1S/C37H36N2O4/c1-26-33(38-36(42-26)30-10-4-2-5-11-30)14-8-9-27-15-19-29(20-16-27)34-23-24-35(37(40)41)39(34)25-28-17-21-32(22-18-28)43-31-12-6-3-7-13-31/h2-13,15-22,34-36,38H,14,23-25H2,1H3,(H,40,41)/t34?,35-,36?/m0/s1. The van der Waals surface area contributed by atoms with Crippen LogP contribution in [0, 0.1) is 0 Å². The Bertz CT molecular complexity index is 1580. The number of carboxylic acid groups (broad SMARTS) is 1. The molecule has 0 bridgehead atoms. The first-order chi connectivity index (χ1) is 21.0. The van der Waals surface area contributed by atoms with Gasteiger partial charge >= 0.3 is 5.97 Å². The highest BCUT2D eigenvalue weighted by molar-refractivity contribution is 5.74. The number of hydrogen-bond acceptors (Lipinski definition) is 5. The average molecular weight is 573 g/mol. The lowest BCUT2D eigenvalue weighted by molar-refractivity contribution is -0.142. The van der Waals surface area contributed by atoms with Crippen molar-refractivity contribution in [2.45, 2.75) is 51.0 Å². The number of benzene rings is 4. The monoisotopic (exact) mass is 572 g/mol. The Morgan fingerprint density at radius 1 is 0.884 bits per heavy atom. The third-order valence-electron chi connectivity index (χ3n) is 8.15. The Labute approximate surface area is 252 Å². The molecule has 1 fully saturated rings. The molecule has 0 radical (unpaired) electrons. The second kappa shape index (κ2) is 13.0. The normalized spacial score (nSPS) is 20.3. The number of nitrogens with one attached hydrogen (secondary N) is 1. The van der Waals surface area contributed by atoms with E-state index in [1.54, 1.807) is 0 Å². The fourth-order valence-corrected chi connectivity index (χ4v) is 5.87. The number of carbonyl (C=O) groups is 1. The number of hydrogen-bond donors (Lipinski definition) is 2. The molecule has 43 heavy (non-hydrogen) atoms. The Morgan fingerprint density at radius 3 is 2.26 bits per heavy atom. The van der Waals surface area contributed by atoms with E-state index in [9.17, 15) is 9.90 Å². The lowest BCUT2D eigenvalue weighted by Crippen LogP contribution is -2.36. The van der Waals surface area contributed by atoms with Crippen molar-refractivity contribution in [1.29, 1.82) is 0 Å². The lowest BCUT2D eigenvalue weighted by Gasteiger charge is -2.28. The third kappa shape index (κ3) is 6.82. The van der Waals surface area contributed by atoms with E-state index in [2.05, 4.69) is 58.8 Å². The molecule has 0 aliphatic carbocycles. The van der Waals surface area contributed by atoms with Crippen LogP contribution in [0.5, 0.6) is 11.5 Å². The number of carboxylic acids is 1. The molecule has 3 atom stereocenters. The molecule has 4 aromatic carbocycles. The molecule has 0 amide bonds. The summed E-state index contributed by atoms with van der Waals surface area (Å²) in [6, 6.07) is 35.8. The quantitative estimate of drug-likeness (QED) is 0.200. The second-order valence-corrected chi connectivity index (χ2v) is 11.0. The molecule has 6 heteroatoms. The van der Waals surface area contributed by atoms with Gasteiger partial charge in [0.15, 0.2) is 6.23 Å². The molecule has 2 unspecified atom stereocenters. The first kappa shape index (κ1) is 28.3. The first-order valence-electron chi connectivity index (χ1n) is 14.8. The number of allylic oxidation sites excluding steroid dienone is 2. The molecule has 4 aromatic rings. The van der Waals surface area contributed by atoms with Crippen LogP contribution < -0.4 is 10.1 Å². The van der Waals surface area contributed by atoms with Gasteiger partial charge in [-0.25, -0.2) is 0 Å². The van der Waals surface area contributed by atoms with Crippen molar-refractivity contribution >= 4 is 12.0 Å². The summed E-state index contributed by atoms with van der Waals surface area (Å²) in [4.78, 5) is 14.3. The van der Waals surface area contributed by atoms with Crippen molar-refractivity contribution in [3.63, 3.8) is 0 Å². The van der Waals surface area contributed by atoms with Crippen molar-refractivity contribution in [2.24, 2.45) is 0 Å². The van der Waals surface area contributed by atoms with E-state index in [0.717, 1.165) is 58.1 Å². The number of rotatable bonds is 10. The smallest absolute Gasteiger partial charge is 0.320 e. The molecule has 1 saturated heterocycles. The van der Waals surface area contributed by atoms with Crippen LogP contribution in [0.3, 0.4) is 0 Å². The maximum Gasteiger partial charge on any atom is 0.320 e. The van der Waals surface area contributed by atoms with Crippen LogP contribution >= 0.6 is 0 Å². The third-order valence-corrected chi connectivity index (χ3v) is 8.15. The molecule has 0 aromatic heterocycles. The van der Waals surface area contributed by atoms with Crippen LogP contribution in [0.15, 0.2) is 127 Å². The molecule has 2 aliphatic rings. The summed E-state index contributed by atoms with van der Waals surface area (Å²) < 4.78 is 11.9. The summed E-state index contributed by atoms with van der Waals surface area (Å²) in [5, 5.41) is 13.5. The Kier molecular flexibility index (Phi) is 8.57. The Balaban J connectivity index is 1.08. The van der Waals surface area contributed by atoms with E-state index in [1.807, 2.05) is 79.7 Å². The zero-order valence-corrected chi connectivity index (χ0v) is 24.2. The van der Waals surface area contributed by atoms with Gasteiger partial charge in [0, 0.05) is 24.6 Å². The topological polar surface area (TPSA) is 71.0 Å². The minimum atomic E-state index is -0.769. The van der Waals surface area contributed by atoms with Gasteiger partial charge in [-0.2, -0.15) is 0 Å². The average Bonchev–Trinajstić information content (AvgIpc) is 3.63. The molecular formula is C37H36N2O4. The fraction of sp³-hybridized carbons (Fsp3) is 0.216. The summed E-state index contributed by atoms with van der Waals surface area (Å²) in [5.41, 5.74) is 5.50. The molecule has 0 saturated carbocycles. The first-order valence-corrected chi connectivity index (χ1v) is 14.8. The van der Waals surface area contributed by atoms with E-state index < -0.39 is 12.0 Å². The maximum atomic E-state index is 12.2. The number of aliphatic carboxylic acids is 1. The highest BCUT2D eigenvalue weighted by Crippen LogP contribution is 2.38. The van der Waals surface area contributed by atoms with Gasteiger partial charge in [0.05, 0.1) is 5.70 Å². The van der Waals surface area contributed by atoms with Crippen molar-refractivity contribution in [3.05, 3.63) is 149 Å². The number of ether oxygens (including phenoxy) is 2. The van der Waals surface area contributed by atoms with Crippen LogP contribution in [0.25, 0.3) is 6.08 Å². The molecule has 0 spiro atoms. The highest BCUT2D eigenvalue weighted by Gasteiger charge is 2.38. The van der Waals surface area contributed by atoms with Crippen LogP contribution in [0.2, 0.25) is 0 Å². The molecule has 2 heterocycles. The van der Waals surface area contributed by atoms with Gasteiger partial charge in [0.25, 0.3) is 0 Å². The number of likely N-dealkylation sites (tertiary alicyclic amines) is 1. The van der Waals surface area contributed by atoms with E-state index in [0.29, 0.717) is 13.0 Å². The van der Waals surface area contributed by atoms with Crippen molar-refractivity contribution in [2.75, 3.05) is 0 Å². The molecule has 2 N–H and O–H groups in total. The molecule has 218 valence electrons. The predicted molar refractivity (Wildman–Crippen MR) is 168 cm³/mol. The molecule has 2 aliphatic heterocycles. The summed E-state index contributed by atoms with van der Waals surface area (Å²) in [6.45, 7) is 2.56. The van der Waals surface area contributed by atoms with Gasteiger partial charge in [-0.1, -0.05) is 97.1 Å². The predicted octanol–water partition coefficient (Wildman–Crippen LogP) is 8.22. The SMILES string of the molecule is CC1=C(CC=Cc2ccc(C3CC[C@@H](C(=O)O)N3Cc3ccc(Oc4ccccc4)cc3)cc2)NC(c2ccccc2)O1. The zero-order chi connectivity index (χ0) is 29.6. The lowest BCUT2D eigenvalue weighted by atomic mass is 10.0. The van der Waals surface area contributed by atoms with E-state index in [-0.39, 0.29) is 12.3 Å². The maximum absolute atomic E-state index is 12.2. The van der Waals surface area contributed by atoms with Crippen LogP contribution in [-0.2, 0) is 16.1 Å². The van der Waals surface area contributed by atoms with Gasteiger partial charge < -0.3 is 19.9 Å². The van der Waals surface area contributed by atoms with Crippen LogP contribution in [-0.4, -0.2) is 22.0 Å². The molecule has 6 nitrogen and oxygen atoms in total. The van der Waals surface area contributed by atoms with Gasteiger partial charge in [-0.15, -0.1) is 0 Å². The Morgan fingerprint density at radius 2 is 1.56 bits per heavy atom. The second-order valence-electron chi connectivity index (χ2n) is 11.0. The largest absolute Gasteiger partial charge is 0.480 e. The number of nitrogens with zero attached hydrogens (tertiary/aromatic N) is 1. The zero-order valence-electron chi connectivity index (χ0n) is 24.2. The van der Waals surface area contributed by atoms with E-state index >= 15 is 0 Å². The van der Waals surface area contributed by atoms with Crippen molar-refractivity contribution < 1.29 is 19.4 Å². The van der Waals surface area contributed by atoms with Crippen LogP contribution in [0.4, 0.5) is 0 Å². The van der Waals surface area contributed by atoms with Gasteiger partial charge in [-0.05, 0) is 60.7 Å². The summed E-state index contributed by atoms with van der Waals surface area (Å²) in [5.74, 6) is 1.69. The minimum absolute atomic E-state index is 0.0435.